The number of aromatic nitrogens is 1. The standard InChI is InChI=1S/C12H21N3O2S2/c1-3-5-8-15(4-2)12-10(11(13)14-18-12)19(16,17)9-6-7-9/h9H,3-8H2,1-2H3,(H2,13,14). The van der Waals surface area contributed by atoms with Crippen LogP contribution in [-0.2, 0) is 9.84 Å². The molecule has 1 aromatic rings. The van der Waals surface area contributed by atoms with Gasteiger partial charge in [0.05, 0.1) is 5.25 Å². The zero-order chi connectivity index (χ0) is 14.0. The highest BCUT2D eigenvalue weighted by Crippen LogP contribution is 2.42. The van der Waals surface area contributed by atoms with Crippen molar-refractivity contribution in [1.82, 2.24) is 4.37 Å². The number of hydrogen-bond acceptors (Lipinski definition) is 6. The smallest absolute Gasteiger partial charge is 0.187 e. The number of anilines is 2. The van der Waals surface area contributed by atoms with Crippen molar-refractivity contribution >= 4 is 32.2 Å². The lowest BCUT2D eigenvalue weighted by Crippen LogP contribution is -2.25. The molecule has 2 rings (SSSR count). The topological polar surface area (TPSA) is 76.3 Å². The van der Waals surface area contributed by atoms with Gasteiger partial charge in [-0.15, -0.1) is 0 Å². The van der Waals surface area contributed by atoms with Crippen LogP contribution in [0.15, 0.2) is 4.90 Å². The Morgan fingerprint density at radius 3 is 2.63 bits per heavy atom. The van der Waals surface area contributed by atoms with Gasteiger partial charge in [-0.2, -0.15) is 4.37 Å². The van der Waals surface area contributed by atoms with Crippen molar-refractivity contribution in [2.45, 2.75) is 49.7 Å². The molecule has 0 bridgehead atoms. The van der Waals surface area contributed by atoms with E-state index in [9.17, 15) is 8.42 Å². The van der Waals surface area contributed by atoms with Crippen molar-refractivity contribution in [2.75, 3.05) is 23.7 Å². The van der Waals surface area contributed by atoms with Crippen LogP contribution in [-0.4, -0.2) is 31.1 Å². The third-order valence-corrected chi connectivity index (χ3v) is 6.73. The molecule has 1 heterocycles. The Hall–Kier alpha value is -0.820. The molecule has 0 aromatic carbocycles. The van der Waals surface area contributed by atoms with E-state index in [1.165, 1.54) is 11.5 Å². The minimum absolute atomic E-state index is 0.168. The van der Waals surface area contributed by atoms with Gasteiger partial charge in [-0.3, -0.25) is 0 Å². The number of sulfone groups is 1. The van der Waals surface area contributed by atoms with Gasteiger partial charge in [0, 0.05) is 13.1 Å². The zero-order valence-electron chi connectivity index (χ0n) is 11.4. The lowest BCUT2D eigenvalue weighted by Gasteiger charge is -2.21. The highest BCUT2D eigenvalue weighted by atomic mass is 32.2. The molecule has 1 aliphatic rings. The quantitative estimate of drug-likeness (QED) is 0.836. The van der Waals surface area contributed by atoms with Crippen molar-refractivity contribution in [2.24, 2.45) is 0 Å². The van der Waals surface area contributed by atoms with Gasteiger partial charge in [-0.05, 0) is 37.7 Å². The van der Waals surface area contributed by atoms with Crippen LogP contribution in [0.25, 0.3) is 0 Å². The van der Waals surface area contributed by atoms with Gasteiger partial charge in [-0.1, -0.05) is 13.3 Å². The first-order chi connectivity index (χ1) is 9.02. The minimum Gasteiger partial charge on any atom is -0.382 e. The molecule has 1 aromatic heterocycles. The van der Waals surface area contributed by atoms with Crippen LogP contribution < -0.4 is 10.6 Å². The molecule has 1 saturated carbocycles. The molecular formula is C12H21N3O2S2. The highest BCUT2D eigenvalue weighted by molar-refractivity contribution is 7.92. The largest absolute Gasteiger partial charge is 0.382 e. The second kappa shape index (κ2) is 5.66. The molecule has 0 atom stereocenters. The molecule has 7 heteroatoms. The van der Waals surface area contributed by atoms with E-state index in [0.717, 1.165) is 43.8 Å². The fourth-order valence-electron chi connectivity index (χ4n) is 2.05. The number of rotatable bonds is 7. The Morgan fingerprint density at radius 1 is 1.42 bits per heavy atom. The van der Waals surface area contributed by atoms with Crippen LogP contribution in [0.5, 0.6) is 0 Å². The third kappa shape index (κ3) is 2.86. The average Bonchev–Trinajstić information content (AvgIpc) is 3.15. The Labute approximate surface area is 118 Å². The number of nitrogen functional groups attached to an aromatic ring is 1. The van der Waals surface area contributed by atoms with Crippen molar-refractivity contribution in [3.8, 4) is 0 Å². The molecule has 0 aliphatic heterocycles. The summed E-state index contributed by atoms with van der Waals surface area (Å²) >= 11 is 1.20. The van der Waals surface area contributed by atoms with E-state index in [0.29, 0.717) is 0 Å². The normalized spacial score (nSPS) is 15.7. The summed E-state index contributed by atoms with van der Waals surface area (Å²) in [6, 6.07) is 0. The van der Waals surface area contributed by atoms with E-state index in [-0.39, 0.29) is 16.0 Å². The number of unbranched alkanes of at least 4 members (excludes halogenated alkanes) is 1. The van der Waals surface area contributed by atoms with Crippen LogP contribution >= 0.6 is 11.5 Å². The van der Waals surface area contributed by atoms with Gasteiger partial charge in [0.2, 0.25) is 0 Å². The molecule has 1 aliphatic carbocycles. The Bertz CT molecular complexity index is 535. The first kappa shape index (κ1) is 14.6. The maximum Gasteiger partial charge on any atom is 0.187 e. The Morgan fingerprint density at radius 2 is 2.11 bits per heavy atom. The van der Waals surface area contributed by atoms with E-state index < -0.39 is 9.84 Å². The first-order valence-corrected chi connectivity index (χ1v) is 9.08. The van der Waals surface area contributed by atoms with Gasteiger partial charge < -0.3 is 10.6 Å². The molecule has 19 heavy (non-hydrogen) atoms. The summed E-state index contributed by atoms with van der Waals surface area (Å²) in [6.45, 7) is 5.77. The van der Waals surface area contributed by atoms with E-state index in [4.69, 9.17) is 5.73 Å². The number of nitrogens with two attached hydrogens (primary N) is 1. The molecule has 2 N–H and O–H groups in total. The van der Waals surface area contributed by atoms with Gasteiger partial charge >= 0.3 is 0 Å². The van der Waals surface area contributed by atoms with Gasteiger partial charge in [0.25, 0.3) is 0 Å². The highest BCUT2D eigenvalue weighted by Gasteiger charge is 2.41. The monoisotopic (exact) mass is 303 g/mol. The summed E-state index contributed by atoms with van der Waals surface area (Å²) in [7, 11) is -3.28. The summed E-state index contributed by atoms with van der Waals surface area (Å²) < 4.78 is 29.0. The summed E-state index contributed by atoms with van der Waals surface area (Å²) in [5.41, 5.74) is 5.81. The second-order valence-electron chi connectivity index (χ2n) is 4.88. The molecule has 0 spiro atoms. The van der Waals surface area contributed by atoms with Gasteiger partial charge in [-0.25, -0.2) is 8.42 Å². The van der Waals surface area contributed by atoms with Crippen LogP contribution in [0.3, 0.4) is 0 Å². The van der Waals surface area contributed by atoms with Crippen molar-refractivity contribution in [3.05, 3.63) is 0 Å². The second-order valence-corrected chi connectivity index (χ2v) is 7.80. The summed E-state index contributed by atoms with van der Waals surface area (Å²) in [4.78, 5) is 2.35. The molecular weight excluding hydrogens is 282 g/mol. The molecule has 108 valence electrons. The molecule has 1 fully saturated rings. The van der Waals surface area contributed by atoms with E-state index in [1.807, 2.05) is 6.92 Å². The molecule has 0 radical (unpaired) electrons. The number of hydrogen-bond donors (Lipinski definition) is 1. The fourth-order valence-corrected chi connectivity index (χ4v) is 5.17. The van der Waals surface area contributed by atoms with Gasteiger partial charge in [0.15, 0.2) is 15.7 Å². The Kier molecular flexibility index (Phi) is 4.35. The summed E-state index contributed by atoms with van der Waals surface area (Å²) in [5.74, 6) is 0.168. The zero-order valence-corrected chi connectivity index (χ0v) is 13.1. The predicted octanol–water partition coefficient (Wildman–Crippen LogP) is 2.29. The SMILES string of the molecule is CCCCN(CC)c1snc(N)c1S(=O)(=O)C1CC1. The molecule has 0 unspecified atom stereocenters. The van der Waals surface area contributed by atoms with E-state index in [1.54, 1.807) is 0 Å². The maximum atomic E-state index is 12.5. The Balaban J connectivity index is 2.36. The van der Waals surface area contributed by atoms with Crippen molar-refractivity contribution in [1.29, 1.82) is 0 Å². The third-order valence-electron chi connectivity index (χ3n) is 3.36. The minimum atomic E-state index is -3.28. The van der Waals surface area contributed by atoms with Crippen LogP contribution in [0.4, 0.5) is 10.8 Å². The average molecular weight is 303 g/mol. The first-order valence-electron chi connectivity index (χ1n) is 6.76. The lowest BCUT2D eigenvalue weighted by molar-refractivity contribution is 0.595. The fraction of sp³-hybridized carbons (Fsp3) is 0.750. The van der Waals surface area contributed by atoms with Crippen molar-refractivity contribution in [3.63, 3.8) is 0 Å². The van der Waals surface area contributed by atoms with Crippen LogP contribution in [0.2, 0.25) is 0 Å². The van der Waals surface area contributed by atoms with Crippen molar-refractivity contribution < 1.29 is 8.42 Å². The predicted molar refractivity (Wildman–Crippen MR) is 79.5 cm³/mol. The van der Waals surface area contributed by atoms with Crippen LogP contribution in [0.1, 0.15) is 39.5 Å². The molecule has 0 amide bonds. The summed E-state index contributed by atoms with van der Waals surface area (Å²) in [6.07, 6.45) is 3.61. The lowest BCUT2D eigenvalue weighted by atomic mass is 10.3. The van der Waals surface area contributed by atoms with E-state index in [2.05, 4.69) is 16.2 Å². The molecule has 0 saturated heterocycles. The molecule has 5 nitrogen and oxygen atoms in total. The van der Waals surface area contributed by atoms with Gasteiger partial charge in [0.1, 0.15) is 9.90 Å². The maximum absolute atomic E-state index is 12.5. The number of nitrogens with zero attached hydrogens (tertiary/aromatic N) is 2. The summed E-state index contributed by atoms with van der Waals surface area (Å²) in [5, 5.41) is 0.482. The van der Waals surface area contributed by atoms with E-state index >= 15 is 0 Å². The van der Waals surface area contributed by atoms with Crippen LogP contribution in [0, 0.1) is 0 Å².